The second-order valence-electron chi connectivity index (χ2n) is 4.61. The normalized spacial score (nSPS) is 10.7. The van der Waals surface area contributed by atoms with Gasteiger partial charge in [-0.05, 0) is 29.8 Å². The molecule has 0 bridgehead atoms. The van der Waals surface area contributed by atoms with Crippen LogP contribution in [0.3, 0.4) is 0 Å². The van der Waals surface area contributed by atoms with E-state index in [9.17, 15) is 9.18 Å². The number of rotatable bonds is 3. The number of para-hydroxylation sites is 1. The van der Waals surface area contributed by atoms with Crippen LogP contribution in [0.15, 0.2) is 60.8 Å². The Bertz CT molecular complexity index is 777. The molecule has 0 N–H and O–H groups in total. The number of Topliss-reactive ketones (excluding diaryl/α,β-unsaturated/α-hetero) is 1. The third-order valence-electron chi connectivity index (χ3n) is 3.19. The number of ketones is 1. The zero-order chi connectivity index (χ0) is 13.9. The maximum atomic E-state index is 13.1. The smallest absolute Gasteiger partial charge is 0.169 e. The number of nitrogens with zero attached hydrogens (tertiary/aromatic N) is 1. The fourth-order valence-electron chi connectivity index (χ4n) is 2.26. The molecular weight excluding hydrogens is 253 g/mol. The second kappa shape index (κ2) is 5.21. The Morgan fingerprint density at radius 1 is 1.05 bits per heavy atom. The van der Waals surface area contributed by atoms with Gasteiger partial charge in [-0.25, -0.2) is 4.39 Å². The van der Waals surface area contributed by atoms with Crippen molar-refractivity contribution in [3.63, 3.8) is 0 Å². The Morgan fingerprint density at radius 3 is 2.70 bits per heavy atom. The van der Waals surface area contributed by atoms with E-state index in [1.807, 2.05) is 24.3 Å². The highest BCUT2D eigenvalue weighted by Crippen LogP contribution is 2.18. The minimum atomic E-state index is -0.327. The van der Waals surface area contributed by atoms with E-state index < -0.39 is 0 Å². The number of carbonyl (C=O) groups excluding carboxylic acids is 1. The van der Waals surface area contributed by atoms with Crippen LogP contribution >= 0.6 is 0 Å². The molecule has 2 aromatic carbocycles. The molecule has 3 rings (SSSR count). The van der Waals surface area contributed by atoms with Gasteiger partial charge < -0.3 is 0 Å². The quantitative estimate of drug-likeness (QED) is 0.674. The number of pyridine rings is 1. The summed E-state index contributed by atoms with van der Waals surface area (Å²) < 4.78 is 13.1. The van der Waals surface area contributed by atoms with Crippen molar-refractivity contribution >= 4 is 16.7 Å². The van der Waals surface area contributed by atoms with Crippen molar-refractivity contribution < 1.29 is 9.18 Å². The number of halogens is 1. The van der Waals surface area contributed by atoms with Crippen molar-refractivity contribution in [1.29, 1.82) is 0 Å². The predicted octanol–water partition coefficient (Wildman–Crippen LogP) is 3.80. The molecule has 3 heteroatoms. The van der Waals surface area contributed by atoms with Gasteiger partial charge in [0.1, 0.15) is 5.82 Å². The monoisotopic (exact) mass is 265 g/mol. The topological polar surface area (TPSA) is 30.0 Å². The molecule has 0 unspecified atom stereocenters. The van der Waals surface area contributed by atoms with Crippen LogP contribution < -0.4 is 0 Å². The largest absolute Gasteiger partial charge is 0.294 e. The Morgan fingerprint density at radius 2 is 1.85 bits per heavy atom. The summed E-state index contributed by atoms with van der Waals surface area (Å²) >= 11 is 0. The highest BCUT2D eigenvalue weighted by molar-refractivity contribution is 6.07. The summed E-state index contributed by atoms with van der Waals surface area (Å²) in [4.78, 5) is 16.6. The zero-order valence-electron chi connectivity index (χ0n) is 10.7. The lowest BCUT2D eigenvalue weighted by Gasteiger charge is -2.05. The number of benzene rings is 2. The SMILES string of the molecule is O=C(Cc1cccc(F)c1)c1cccc2cccnc12. The molecule has 0 saturated heterocycles. The molecule has 0 aliphatic heterocycles. The number of hydrogen-bond donors (Lipinski definition) is 0. The first-order valence-electron chi connectivity index (χ1n) is 6.35. The lowest BCUT2D eigenvalue weighted by Crippen LogP contribution is -2.05. The molecule has 0 spiro atoms. The molecule has 0 aliphatic rings. The summed E-state index contributed by atoms with van der Waals surface area (Å²) in [7, 11) is 0. The summed E-state index contributed by atoms with van der Waals surface area (Å²) in [5, 5.41) is 0.928. The molecule has 0 amide bonds. The van der Waals surface area contributed by atoms with Crippen molar-refractivity contribution in [2.45, 2.75) is 6.42 Å². The zero-order valence-corrected chi connectivity index (χ0v) is 10.7. The summed E-state index contributed by atoms with van der Waals surface area (Å²) in [6, 6.07) is 15.4. The van der Waals surface area contributed by atoms with E-state index in [0.29, 0.717) is 16.6 Å². The van der Waals surface area contributed by atoms with Gasteiger partial charge in [0, 0.05) is 23.6 Å². The van der Waals surface area contributed by atoms with Crippen LogP contribution in [0.25, 0.3) is 10.9 Å². The molecular formula is C17H12FNO. The molecule has 0 saturated carbocycles. The Labute approximate surface area is 115 Å². The van der Waals surface area contributed by atoms with E-state index in [1.54, 1.807) is 24.4 Å². The van der Waals surface area contributed by atoms with Crippen LogP contribution in [0.4, 0.5) is 4.39 Å². The van der Waals surface area contributed by atoms with E-state index in [0.717, 1.165) is 5.39 Å². The van der Waals surface area contributed by atoms with Crippen LogP contribution in [0.2, 0.25) is 0 Å². The Kier molecular flexibility index (Phi) is 3.25. The van der Waals surface area contributed by atoms with Crippen LogP contribution in [-0.2, 0) is 6.42 Å². The molecule has 0 aliphatic carbocycles. The van der Waals surface area contributed by atoms with Gasteiger partial charge in [0.25, 0.3) is 0 Å². The predicted molar refractivity (Wildman–Crippen MR) is 76.2 cm³/mol. The van der Waals surface area contributed by atoms with Gasteiger partial charge in [0.2, 0.25) is 0 Å². The molecule has 2 nitrogen and oxygen atoms in total. The summed E-state index contributed by atoms with van der Waals surface area (Å²) in [5.41, 5.74) is 1.94. The summed E-state index contributed by atoms with van der Waals surface area (Å²) in [6.45, 7) is 0. The molecule has 1 aromatic heterocycles. The Balaban J connectivity index is 1.97. The van der Waals surface area contributed by atoms with Gasteiger partial charge >= 0.3 is 0 Å². The van der Waals surface area contributed by atoms with Crippen LogP contribution in [0.5, 0.6) is 0 Å². The molecule has 3 aromatic rings. The van der Waals surface area contributed by atoms with Crippen LogP contribution in [0, 0.1) is 5.82 Å². The lowest BCUT2D eigenvalue weighted by atomic mass is 10.0. The van der Waals surface area contributed by atoms with Gasteiger partial charge in [-0.15, -0.1) is 0 Å². The van der Waals surface area contributed by atoms with Crippen molar-refractivity contribution in [3.05, 3.63) is 77.7 Å². The fraction of sp³-hybridized carbons (Fsp3) is 0.0588. The molecule has 1 heterocycles. The third kappa shape index (κ3) is 2.43. The van der Waals surface area contributed by atoms with Crippen molar-refractivity contribution in [3.8, 4) is 0 Å². The van der Waals surface area contributed by atoms with E-state index in [2.05, 4.69) is 4.98 Å². The minimum absolute atomic E-state index is 0.0556. The summed E-state index contributed by atoms with van der Waals surface area (Å²) in [5.74, 6) is -0.383. The van der Waals surface area contributed by atoms with Crippen LogP contribution in [-0.4, -0.2) is 10.8 Å². The molecule has 0 atom stereocenters. The third-order valence-corrected chi connectivity index (χ3v) is 3.19. The van der Waals surface area contributed by atoms with E-state index in [1.165, 1.54) is 12.1 Å². The second-order valence-corrected chi connectivity index (χ2v) is 4.61. The summed E-state index contributed by atoms with van der Waals surface area (Å²) in [6.07, 6.45) is 1.84. The number of hydrogen-bond acceptors (Lipinski definition) is 2. The van der Waals surface area contributed by atoms with Crippen molar-refractivity contribution in [1.82, 2.24) is 4.98 Å². The standard InChI is InChI=1S/C17H12FNO/c18-14-7-1-4-12(10-14)11-16(20)15-8-2-5-13-6-3-9-19-17(13)15/h1-10H,11H2. The Hall–Kier alpha value is -2.55. The molecule has 0 radical (unpaired) electrons. The molecule has 20 heavy (non-hydrogen) atoms. The first kappa shape index (κ1) is 12.5. The first-order chi connectivity index (χ1) is 9.74. The molecule has 98 valence electrons. The van der Waals surface area contributed by atoms with E-state index in [4.69, 9.17) is 0 Å². The highest BCUT2D eigenvalue weighted by Gasteiger charge is 2.11. The average molecular weight is 265 g/mol. The number of aromatic nitrogens is 1. The van der Waals surface area contributed by atoms with Gasteiger partial charge in [0.15, 0.2) is 5.78 Å². The van der Waals surface area contributed by atoms with Crippen molar-refractivity contribution in [2.24, 2.45) is 0 Å². The number of fused-ring (bicyclic) bond motifs is 1. The number of carbonyl (C=O) groups is 1. The highest BCUT2D eigenvalue weighted by atomic mass is 19.1. The molecule has 0 fully saturated rings. The van der Waals surface area contributed by atoms with E-state index >= 15 is 0 Å². The van der Waals surface area contributed by atoms with E-state index in [-0.39, 0.29) is 18.0 Å². The average Bonchev–Trinajstić information content (AvgIpc) is 2.46. The van der Waals surface area contributed by atoms with Gasteiger partial charge in [-0.1, -0.05) is 30.3 Å². The maximum absolute atomic E-state index is 13.1. The maximum Gasteiger partial charge on any atom is 0.169 e. The minimum Gasteiger partial charge on any atom is -0.294 e. The van der Waals surface area contributed by atoms with Gasteiger partial charge in [-0.2, -0.15) is 0 Å². The van der Waals surface area contributed by atoms with Crippen LogP contribution in [0.1, 0.15) is 15.9 Å². The van der Waals surface area contributed by atoms with Gasteiger partial charge in [0.05, 0.1) is 5.52 Å². The van der Waals surface area contributed by atoms with Gasteiger partial charge in [-0.3, -0.25) is 9.78 Å². The van der Waals surface area contributed by atoms with Crippen molar-refractivity contribution in [2.75, 3.05) is 0 Å². The first-order valence-corrected chi connectivity index (χ1v) is 6.35. The fourth-order valence-corrected chi connectivity index (χ4v) is 2.26. The lowest BCUT2D eigenvalue weighted by molar-refractivity contribution is 0.0994.